The summed E-state index contributed by atoms with van der Waals surface area (Å²) in [4.78, 5) is 24.5. The average molecular weight is 367 g/mol. The van der Waals surface area contributed by atoms with Gasteiger partial charge in [0.2, 0.25) is 0 Å². The standard InChI is InChI=1S/C17H13ClF2N2O3/c18-9-1-3-12(11-4-2-10(19)8-13(11)20)14(7-9)21-17(25)22-6-5-15(22)16(23)24/h1-4,7-8,15H,5-6H2,(H,21,25)(H,23,24)/t15-/m1/s1. The largest absolute Gasteiger partial charge is 0.480 e. The molecule has 2 aromatic rings. The normalized spacial score (nSPS) is 16.3. The fourth-order valence-corrected chi connectivity index (χ4v) is 2.81. The first-order valence-corrected chi connectivity index (χ1v) is 7.80. The molecule has 1 fully saturated rings. The second-order valence-corrected chi connectivity index (χ2v) is 6.02. The van der Waals surface area contributed by atoms with Crippen LogP contribution < -0.4 is 5.32 Å². The van der Waals surface area contributed by atoms with E-state index in [1.165, 1.54) is 24.3 Å². The molecule has 1 heterocycles. The number of amides is 2. The number of carbonyl (C=O) groups excluding carboxylic acids is 1. The van der Waals surface area contributed by atoms with Crippen LogP contribution in [0.4, 0.5) is 19.3 Å². The molecule has 1 saturated heterocycles. The molecule has 0 radical (unpaired) electrons. The number of nitrogens with zero attached hydrogens (tertiary/aromatic N) is 1. The minimum Gasteiger partial charge on any atom is -0.480 e. The number of benzene rings is 2. The summed E-state index contributed by atoms with van der Waals surface area (Å²) >= 11 is 5.95. The zero-order valence-corrected chi connectivity index (χ0v) is 13.6. The molecule has 2 amide bonds. The summed E-state index contributed by atoms with van der Waals surface area (Å²) in [6.07, 6.45) is 0.373. The number of carboxylic acid groups (broad SMARTS) is 1. The number of hydrogen-bond acceptors (Lipinski definition) is 2. The summed E-state index contributed by atoms with van der Waals surface area (Å²) < 4.78 is 27.2. The van der Waals surface area contributed by atoms with Gasteiger partial charge in [-0.25, -0.2) is 18.4 Å². The van der Waals surface area contributed by atoms with Crippen molar-refractivity contribution >= 4 is 29.3 Å². The lowest BCUT2D eigenvalue weighted by atomic mass is 10.0. The summed E-state index contributed by atoms with van der Waals surface area (Å²) in [7, 11) is 0. The first-order chi connectivity index (χ1) is 11.9. The van der Waals surface area contributed by atoms with E-state index in [4.69, 9.17) is 16.7 Å². The van der Waals surface area contributed by atoms with Crippen molar-refractivity contribution in [3.63, 3.8) is 0 Å². The van der Waals surface area contributed by atoms with Gasteiger partial charge in [-0.05, 0) is 30.7 Å². The molecule has 0 spiro atoms. The van der Waals surface area contributed by atoms with Gasteiger partial charge < -0.3 is 15.3 Å². The van der Waals surface area contributed by atoms with Crippen LogP contribution in [0.3, 0.4) is 0 Å². The molecule has 0 bridgehead atoms. The molecular weight excluding hydrogens is 354 g/mol. The van der Waals surface area contributed by atoms with E-state index in [1.807, 2.05) is 0 Å². The van der Waals surface area contributed by atoms with Crippen LogP contribution in [0.5, 0.6) is 0 Å². The maximum atomic E-state index is 14.1. The predicted octanol–water partition coefficient (Wildman–Crippen LogP) is 3.98. The average Bonchev–Trinajstić information content (AvgIpc) is 2.46. The van der Waals surface area contributed by atoms with E-state index in [-0.39, 0.29) is 11.3 Å². The number of rotatable bonds is 3. The Labute approximate surface area is 146 Å². The zero-order chi connectivity index (χ0) is 18.1. The van der Waals surface area contributed by atoms with Crippen molar-refractivity contribution in [2.24, 2.45) is 0 Å². The van der Waals surface area contributed by atoms with Crippen LogP contribution in [0.2, 0.25) is 5.02 Å². The molecule has 2 aromatic carbocycles. The van der Waals surface area contributed by atoms with E-state index in [2.05, 4.69) is 5.32 Å². The fraction of sp³-hybridized carbons (Fsp3) is 0.176. The highest BCUT2D eigenvalue weighted by molar-refractivity contribution is 6.31. The molecular formula is C17H13ClF2N2O3. The Kier molecular flexibility index (Phi) is 4.59. The number of anilines is 1. The van der Waals surface area contributed by atoms with Crippen LogP contribution in [0.15, 0.2) is 36.4 Å². The maximum absolute atomic E-state index is 14.1. The Morgan fingerprint density at radius 1 is 1.16 bits per heavy atom. The van der Waals surface area contributed by atoms with Crippen molar-refractivity contribution in [3.8, 4) is 11.1 Å². The van der Waals surface area contributed by atoms with Crippen molar-refractivity contribution in [2.45, 2.75) is 12.5 Å². The van der Waals surface area contributed by atoms with Crippen molar-refractivity contribution in [2.75, 3.05) is 11.9 Å². The second kappa shape index (κ2) is 6.68. The Bertz CT molecular complexity index is 860. The van der Waals surface area contributed by atoms with E-state index in [9.17, 15) is 18.4 Å². The lowest BCUT2D eigenvalue weighted by Gasteiger charge is -2.37. The van der Waals surface area contributed by atoms with Crippen LogP contribution in [-0.4, -0.2) is 34.6 Å². The molecule has 130 valence electrons. The Morgan fingerprint density at radius 3 is 2.48 bits per heavy atom. The van der Waals surface area contributed by atoms with Crippen molar-refractivity contribution in [3.05, 3.63) is 53.1 Å². The molecule has 0 unspecified atom stereocenters. The number of aliphatic carboxylic acids is 1. The van der Waals surface area contributed by atoms with Crippen molar-refractivity contribution in [1.29, 1.82) is 0 Å². The number of urea groups is 1. The van der Waals surface area contributed by atoms with Gasteiger partial charge in [0, 0.05) is 28.8 Å². The summed E-state index contributed by atoms with van der Waals surface area (Å²) in [5, 5.41) is 11.9. The predicted molar refractivity (Wildman–Crippen MR) is 88.6 cm³/mol. The van der Waals surface area contributed by atoms with Crippen LogP contribution in [-0.2, 0) is 4.79 Å². The molecule has 3 rings (SSSR count). The number of carbonyl (C=O) groups is 2. The van der Waals surface area contributed by atoms with Gasteiger partial charge in [-0.1, -0.05) is 17.7 Å². The third kappa shape index (κ3) is 3.41. The second-order valence-electron chi connectivity index (χ2n) is 5.58. The first kappa shape index (κ1) is 17.2. The Morgan fingerprint density at radius 2 is 1.88 bits per heavy atom. The number of likely N-dealkylation sites (tertiary alicyclic amines) is 1. The van der Waals surface area contributed by atoms with Gasteiger partial charge >= 0.3 is 12.0 Å². The lowest BCUT2D eigenvalue weighted by Crippen LogP contribution is -2.56. The highest BCUT2D eigenvalue weighted by Crippen LogP contribution is 2.33. The molecule has 0 saturated carbocycles. The number of hydrogen-bond donors (Lipinski definition) is 2. The Balaban J connectivity index is 1.92. The molecule has 2 N–H and O–H groups in total. The number of nitrogens with one attached hydrogen (secondary N) is 1. The van der Waals surface area contributed by atoms with Crippen LogP contribution in [0.25, 0.3) is 11.1 Å². The summed E-state index contributed by atoms with van der Waals surface area (Å²) in [6, 6.07) is 6.04. The van der Waals surface area contributed by atoms with Gasteiger partial charge in [0.05, 0.1) is 5.69 Å². The van der Waals surface area contributed by atoms with Gasteiger partial charge in [-0.15, -0.1) is 0 Å². The van der Waals surface area contributed by atoms with Crippen LogP contribution in [0.1, 0.15) is 6.42 Å². The van der Waals surface area contributed by atoms with E-state index in [0.29, 0.717) is 23.6 Å². The van der Waals surface area contributed by atoms with E-state index >= 15 is 0 Å². The van der Waals surface area contributed by atoms with Crippen LogP contribution in [0, 0.1) is 11.6 Å². The SMILES string of the molecule is O=C(O)[C@H]1CCN1C(=O)Nc1cc(Cl)ccc1-c1ccc(F)cc1F. The molecule has 1 aliphatic heterocycles. The van der Waals surface area contributed by atoms with E-state index < -0.39 is 29.7 Å². The zero-order valence-electron chi connectivity index (χ0n) is 12.8. The minimum absolute atomic E-state index is 0.0896. The molecule has 0 aliphatic carbocycles. The topological polar surface area (TPSA) is 69.6 Å². The van der Waals surface area contributed by atoms with Crippen molar-refractivity contribution in [1.82, 2.24) is 4.90 Å². The summed E-state index contributed by atoms with van der Waals surface area (Å²) in [5.41, 5.74) is 0.605. The maximum Gasteiger partial charge on any atom is 0.326 e. The quantitative estimate of drug-likeness (QED) is 0.863. The van der Waals surface area contributed by atoms with Gasteiger partial charge in [-0.2, -0.15) is 0 Å². The molecule has 1 atom stereocenters. The monoisotopic (exact) mass is 366 g/mol. The van der Waals surface area contributed by atoms with Crippen molar-refractivity contribution < 1.29 is 23.5 Å². The Hall–Kier alpha value is -2.67. The van der Waals surface area contributed by atoms with Crippen LogP contribution >= 0.6 is 11.6 Å². The van der Waals surface area contributed by atoms with E-state index in [1.54, 1.807) is 0 Å². The highest BCUT2D eigenvalue weighted by atomic mass is 35.5. The summed E-state index contributed by atoms with van der Waals surface area (Å²) in [5.74, 6) is -2.59. The molecule has 0 aromatic heterocycles. The third-order valence-corrected chi connectivity index (χ3v) is 4.25. The number of carboxylic acids is 1. The number of halogens is 3. The smallest absolute Gasteiger partial charge is 0.326 e. The third-order valence-electron chi connectivity index (χ3n) is 4.01. The van der Waals surface area contributed by atoms with Gasteiger partial charge in [-0.3, -0.25) is 0 Å². The molecule has 5 nitrogen and oxygen atoms in total. The minimum atomic E-state index is -1.09. The molecule has 8 heteroatoms. The molecule has 1 aliphatic rings. The van der Waals surface area contributed by atoms with E-state index in [0.717, 1.165) is 17.0 Å². The highest BCUT2D eigenvalue weighted by Gasteiger charge is 2.37. The van der Waals surface area contributed by atoms with Gasteiger partial charge in [0.1, 0.15) is 17.7 Å². The molecule has 25 heavy (non-hydrogen) atoms. The van der Waals surface area contributed by atoms with Gasteiger partial charge in [0.15, 0.2) is 0 Å². The lowest BCUT2D eigenvalue weighted by molar-refractivity contribution is -0.145. The fourth-order valence-electron chi connectivity index (χ4n) is 2.64. The summed E-state index contributed by atoms with van der Waals surface area (Å²) in [6.45, 7) is 0.309. The van der Waals surface area contributed by atoms with Gasteiger partial charge in [0.25, 0.3) is 0 Å². The first-order valence-electron chi connectivity index (χ1n) is 7.42.